The molecule has 0 bridgehead atoms. The lowest BCUT2D eigenvalue weighted by molar-refractivity contribution is -0.161. The first-order chi connectivity index (χ1) is 40.4. The molecule has 19 heteroatoms. The van der Waals surface area contributed by atoms with E-state index in [0.29, 0.717) is 31.6 Å². The molecule has 0 aliphatic heterocycles. The van der Waals surface area contributed by atoms with Gasteiger partial charge in [0, 0.05) is 25.7 Å². The van der Waals surface area contributed by atoms with E-state index in [4.69, 9.17) is 37.0 Å². The number of rotatable bonds is 64. The summed E-state index contributed by atoms with van der Waals surface area (Å²) in [5.41, 5.74) is 0. The fourth-order valence-corrected chi connectivity index (χ4v) is 11.3. The number of hydrogen-bond acceptors (Lipinski definition) is 15. The van der Waals surface area contributed by atoms with Crippen molar-refractivity contribution in [3.63, 3.8) is 0 Å². The van der Waals surface area contributed by atoms with Crippen LogP contribution in [0.2, 0.25) is 0 Å². The second kappa shape index (κ2) is 57.5. The van der Waals surface area contributed by atoms with Crippen molar-refractivity contribution in [3.8, 4) is 0 Å². The topological polar surface area (TPSA) is 237 Å². The van der Waals surface area contributed by atoms with Crippen LogP contribution in [0.25, 0.3) is 0 Å². The van der Waals surface area contributed by atoms with Crippen LogP contribution >= 0.6 is 15.6 Å². The van der Waals surface area contributed by atoms with Gasteiger partial charge in [-0.3, -0.25) is 37.3 Å². The molecule has 0 fully saturated rings. The molecule has 0 aromatic heterocycles. The van der Waals surface area contributed by atoms with Gasteiger partial charge in [0.25, 0.3) is 0 Å². The number of carbonyl (C=O) groups excluding carboxylic acids is 4. The monoisotopic (exact) mass is 1240 g/mol. The molecule has 0 saturated heterocycles. The van der Waals surface area contributed by atoms with Crippen LogP contribution in [0.1, 0.15) is 324 Å². The lowest BCUT2D eigenvalue weighted by Crippen LogP contribution is -2.30. The van der Waals surface area contributed by atoms with Crippen LogP contribution in [-0.2, 0) is 65.4 Å². The van der Waals surface area contributed by atoms with Gasteiger partial charge in [-0.15, -0.1) is 0 Å². The Labute approximate surface area is 511 Å². The van der Waals surface area contributed by atoms with Crippen LogP contribution in [0.5, 0.6) is 0 Å². The molecule has 0 spiro atoms. The Bertz CT molecular complexity index is 1650. The number of ether oxygens (including phenoxy) is 4. The summed E-state index contributed by atoms with van der Waals surface area (Å²) in [4.78, 5) is 72.2. The highest BCUT2D eigenvalue weighted by Gasteiger charge is 2.30. The standard InChI is InChI=1S/C65H126O17P2/c1-7-10-12-14-16-18-20-21-23-25-29-37-43-49-64(69)81-60(53-75-62(67)47-41-35-28-24-22-19-17-15-13-11-8-2)55-79-83(71,72)77-51-59(66)52-78-84(73,74)80-56-61(82-65(70)50-44-38-30-26-27-33-39-45-57(4)5)54-76-63(68)48-42-36-32-31-34-40-46-58(6)9-3/h57-61,66H,7-56H2,1-6H3,(H,71,72)(H,73,74)/t58?,59-,60-,61-/m1/s1. The van der Waals surface area contributed by atoms with Gasteiger partial charge in [0.05, 0.1) is 26.4 Å². The zero-order valence-corrected chi connectivity index (χ0v) is 56.0. The summed E-state index contributed by atoms with van der Waals surface area (Å²) in [5, 5.41) is 10.5. The Morgan fingerprint density at radius 3 is 0.905 bits per heavy atom. The van der Waals surface area contributed by atoms with Crippen LogP contribution in [0, 0.1) is 11.8 Å². The molecular formula is C65H126O17P2. The van der Waals surface area contributed by atoms with Gasteiger partial charge in [0.15, 0.2) is 12.2 Å². The van der Waals surface area contributed by atoms with E-state index < -0.39 is 97.5 Å². The van der Waals surface area contributed by atoms with E-state index in [1.165, 1.54) is 135 Å². The quantitative estimate of drug-likeness (QED) is 0.0222. The number of phosphoric ester groups is 2. The molecular weight excluding hydrogens is 1110 g/mol. The van der Waals surface area contributed by atoms with Crippen LogP contribution < -0.4 is 0 Å². The van der Waals surface area contributed by atoms with Crippen LogP contribution in [0.3, 0.4) is 0 Å². The molecule has 17 nitrogen and oxygen atoms in total. The SMILES string of the molecule is CCCCCCCCCCCCCCCC(=O)O[C@H](COC(=O)CCCCCCCCCCCCC)COP(=O)(O)OC[C@@H](O)COP(=O)(O)OC[C@@H](COC(=O)CCCCCCCCC(C)CC)OC(=O)CCCCCCCCCC(C)C. The van der Waals surface area contributed by atoms with Crippen molar-refractivity contribution in [1.82, 2.24) is 0 Å². The third-order valence-corrected chi connectivity index (χ3v) is 17.2. The highest BCUT2D eigenvalue weighted by molar-refractivity contribution is 7.47. The Morgan fingerprint density at radius 2 is 0.607 bits per heavy atom. The van der Waals surface area contributed by atoms with Gasteiger partial charge in [0.2, 0.25) is 0 Å². The van der Waals surface area contributed by atoms with E-state index in [0.717, 1.165) is 102 Å². The third-order valence-electron chi connectivity index (χ3n) is 15.3. The normalized spacial score (nSPS) is 14.6. The number of esters is 4. The number of phosphoric acid groups is 2. The zero-order valence-electron chi connectivity index (χ0n) is 54.2. The van der Waals surface area contributed by atoms with E-state index in [2.05, 4.69) is 41.5 Å². The molecule has 0 aliphatic rings. The van der Waals surface area contributed by atoms with Crippen molar-refractivity contribution >= 4 is 39.5 Å². The van der Waals surface area contributed by atoms with Crippen molar-refractivity contribution in [2.75, 3.05) is 39.6 Å². The molecule has 0 aromatic carbocycles. The Morgan fingerprint density at radius 1 is 0.345 bits per heavy atom. The maximum atomic E-state index is 13.0. The highest BCUT2D eigenvalue weighted by atomic mass is 31.2. The van der Waals surface area contributed by atoms with E-state index >= 15 is 0 Å². The van der Waals surface area contributed by atoms with E-state index in [-0.39, 0.29) is 25.7 Å². The molecule has 6 atom stereocenters. The minimum Gasteiger partial charge on any atom is -0.462 e. The smallest absolute Gasteiger partial charge is 0.462 e. The van der Waals surface area contributed by atoms with Crippen molar-refractivity contribution < 1.29 is 80.2 Å². The van der Waals surface area contributed by atoms with Gasteiger partial charge in [-0.05, 0) is 37.5 Å². The van der Waals surface area contributed by atoms with E-state index in [1.807, 2.05) is 0 Å². The van der Waals surface area contributed by atoms with Gasteiger partial charge in [-0.1, -0.05) is 273 Å². The lowest BCUT2D eigenvalue weighted by Gasteiger charge is -2.21. The van der Waals surface area contributed by atoms with Crippen LogP contribution in [0.15, 0.2) is 0 Å². The summed E-state index contributed by atoms with van der Waals surface area (Å²) in [6.07, 6.45) is 40.3. The largest absolute Gasteiger partial charge is 0.472 e. The molecule has 0 aromatic rings. The first kappa shape index (κ1) is 82.1. The number of hydrogen-bond donors (Lipinski definition) is 3. The summed E-state index contributed by atoms with van der Waals surface area (Å²) < 4.78 is 68.0. The first-order valence-corrected chi connectivity index (χ1v) is 37.0. The second-order valence-corrected chi connectivity index (χ2v) is 27.1. The van der Waals surface area contributed by atoms with Crippen molar-refractivity contribution in [3.05, 3.63) is 0 Å². The van der Waals surface area contributed by atoms with Crippen molar-refractivity contribution in [1.29, 1.82) is 0 Å². The van der Waals surface area contributed by atoms with Gasteiger partial charge in [-0.25, -0.2) is 9.13 Å². The number of aliphatic hydroxyl groups is 1. The van der Waals surface area contributed by atoms with Crippen LogP contribution in [-0.4, -0.2) is 96.7 Å². The minimum atomic E-state index is -4.94. The number of carbonyl (C=O) groups is 4. The molecule has 0 aliphatic carbocycles. The Hall–Kier alpha value is -1.94. The molecule has 84 heavy (non-hydrogen) atoms. The second-order valence-electron chi connectivity index (χ2n) is 24.2. The van der Waals surface area contributed by atoms with E-state index in [1.54, 1.807) is 0 Å². The van der Waals surface area contributed by atoms with Crippen LogP contribution in [0.4, 0.5) is 0 Å². The number of unbranched alkanes of at least 4 members (excludes halogenated alkanes) is 33. The van der Waals surface area contributed by atoms with Crippen molar-refractivity contribution in [2.24, 2.45) is 11.8 Å². The van der Waals surface area contributed by atoms with Gasteiger partial charge in [-0.2, -0.15) is 0 Å². The summed E-state index contributed by atoms with van der Waals surface area (Å²) >= 11 is 0. The number of aliphatic hydroxyl groups excluding tert-OH is 1. The fraction of sp³-hybridized carbons (Fsp3) is 0.938. The predicted molar refractivity (Wildman–Crippen MR) is 335 cm³/mol. The molecule has 498 valence electrons. The molecule has 0 radical (unpaired) electrons. The molecule has 0 heterocycles. The van der Waals surface area contributed by atoms with Gasteiger partial charge >= 0.3 is 39.5 Å². The van der Waals surface area contributed by atoms with Crippen molar-refractivity contribution in [2.45, 2.75) is 342 Å². The maximum absolute atomic E-state index is 13.0. The summed E-state index contributed by atoms with van der Waals surface area (Å²) in [7, 11) is -9.89. The van der Waals surface area contributed by atoms with E-state index in [9.17, 15) is 43.2 Å². The summed E-state index contributed by atoms with van der Waals surface area (Å²) in [6, 6.07) is 0. The maximum Gasteiger partial charge on any atom is 0.472 e. The Kier molecular flexibility index (Phi) is 56.2. The first-order valence-electron chi connectivity index (χ1n) is 34.0. The summed E-state index contributed by atoms with van der Waals surface area (Å²) in [5.74, 6) is -0.707. The fourth-order valence-electron chi connectivity index (χ4n) is 9.68. The molecule has 0 amide bonds. The average molecular weight is 1240 g/mol. The highest BCUT2D eigenvalue weighted by Crippen LogP contribution is 2.45. The molecule has 3 N–H and O–H groups in total. The lowest BCUT2D eigenvalue weighted by atomic mass is 10.00. The molecule has 3 unspecified atom stereocenters. The van der Waals surface area contributed by atoms with Gasteiger partial charge < -0.3 is 33.8 Å². The Balaban J connectivity index is 5.25. The predicted octanol–water partition coefficient (Wildman–Crippen LogP) is 18.0. The minimum absolute atomic E-state index is 0.103. The third kappa shape index (κ3) is 57.8. The average Bonchev–Trinajstić information content (AvgIpc) is 3.64. The summed E-state index contributed by atoms with van der Waals surface area (Å²) in [6.45, 7) is 9.40. The zero-order chi connectivity index (χ0) is 62.2. The molecule has 0 saturated carbocycles. The van der Waals surface area contributed by atoms with Gasteiger partial charge in [0.1, 0.15) is 19.3 Å². The molecule has 0 rings (SSSR count).